The summed E-state index contributed by atoms with van der Waals surface area (Å²) in [6.07, 6.45) is 0.753. The Hall–Kier alpha value is -2.58. The lowest BCUT2D eigenvalue weighted by Gasteiger charge is -2.31. The largest absolute Gasteiger partial charge is 0.341 e. The van der Waals surface area contributed by atoms with Crippen molar-refractivity contribution in [3.05, 3.63) is 41.5 Å². The summed E-state index contributed by atoms with van der Waals surface area (Å²) in [5.74, 6) is -0.209. The highest BCUT2D eigenvalue weighted by atomic mass is 19.1. The van der Waals surface area contributed by atoms with Crippen molar-refractivity contribution in [1.82, 2.24) is 25.5 Å². The van der Waals surface area contributed by atoms with Crippen molar-refractivity contribution >= 4 is 12.2 Å². The Morgan fingerprint density at radius 2 is 2.25 bits per heavy atom. The molecule has 0 radical (unpaired) electrons. The van der Waals surface area contributed by atoms with Gasteiger partial charge in [0.05, 0.1) is 11.7 Å². The molecule has 3 N–H and O–H groups in total. The molecule has 0 unspecified atom stereocenters. The smallest absolute Gasteiger partial charge is 0.272 e. The molecule has 1 amide bonds. The van der Waals surface area contributed by atoms with Crippen LogP contribution in [0.5, 0.6) is 0 Å². The summed E-state index contributed by atoms with van der Waals surface area (Å²) in [4.78, 5) is 29.1. The summed E-state index contributed by atoms with van der Waals surface area (Å²) in [7, 11) is 1.80. The van der Waals surface area contributed by atoms with Gasteiger partial charge in [-0.25, -0.2) is 9.37 Å². The maximum absolute atomic E-state index is 13.7. The van der Waals surface area contributed by atoms with Crippen molar-refractivity contribution in [2.45, 2.75) is 33.0 Å². The standard InChI is InChI=1S/C20H26FN5O2/c1-20(2,12-22-3)16(11-27)24-19(28)17-15-10-23-7-8-26(15)18(25-17)13-5-4-6-14(21)9-13/h4-6,9,11,16,22-23H,7-8,10,12H2,1-3H3,(H,24,28)/t16-/m1/s1. The lowest BCUT2D eigenvalue weighted by atomic mass is 9.85. The number of halogens is 1. The Kier molecular flexibility index (Phi) is 5.90. The summed E-state index contributed by atoms with van der Waals surface area (Å²) in [5, 5.41) is 9.09. The van der Waals surface area contributed by atoms with Crippen molar-refractivity contribution < 1.29 is 14.0 Å². The fraction of sp³-hybridized carbons (Fsp3) is 0.450. The molecule has 0 fully saturated rings. The summed E-state index contributed by atoms with van der Waals surface area (Å²) in [6.45, 7) is 6.23. The lowest BCUT2D eigenvalue weighted by molar-refractivity contribution is -0.111. The number of benzene rings is 1. The maximum Gasteiger partial charge on any atom is 0.272 e. The van der Waals surface area contributed by atoms with Crippen LogP contribution in [0.1, 0.15) is 30.0 Å². The van der Waals surface area contributed by atoms with Gasteiger partial charge in [0.2, 0.25) is 0 Å². The molecule has 0 saturated carbocycles. The van der Waals surface area contributed by atoms with E-state index in [9.17, 15) is 14.0 Å². The number of carbonyl (C=O) groups is 2. The van der Waals surface area contributed by atoms with Crippen LogP contribution < -0.4 is 16.0 Å². The van der Waals surface area contributed by atoms with Gasteiger partial charge in [-0.2, -0.15) is 0 Å². The first-order valence-corrected chi connectivity index (χ1v) is 9.34. The van der Waals surface area contributed by atoms with Crippen LogP contribution in [0, 0.1) is 11.2 Å². The predicted octanol–water partition coefficient (Wildman–Crippen LogP) is 1.34. The van der Waals surface area contributed by atoms with Gasteiger partial charge in [-0.3, -0.25) is 4.79 Å². The number of carbonyl (C=O) groups excluding carboxylic acids is 2. The van der Waals surface area contributed by atoms with Crippen molar-refractivity contribution in [2.75, 3.05) is 20.1 Å². The Morgan fingerprint density at radius 1 is 1.46 bits per heavy atom. The van der Waals surface area contributed by atoms with Crippen molar-refractivity contribution in [3.63, 3.8) is 0 Å². The lowest BCUT2D eigenvalue weighted by Crippen LogP contribution is -2.50. The zero-order chi connectivity index (χ0) is 20.3. The number of fused-ring (bicyclic) bond motifs is 1. The SMILES string of the molecule is CNCC(C)(C)[C@@H](C=O)NC(=O)c1nc(-c2cccc(F)c2)n2c1CNCC2. The highest BCUT2D eigenvalue weighted by Gasteiger charge is 2.32. The minimum absolute atomic E-state index is 0.263. The van der Waals surface area contributed by atoms with E-state index < -0.39 is 17.4 Å². The molecule has 0 aliphatic carbocycles. The van der Waals surface area contributed by atoms with Gasteiger partial charge in [0.15, 0.2) is 5.69 Å². The van der Waals surface area contributed by atoms with E-state index in [1.807, 2.05) is 18.4 Å². The Balaban J connectivity index is 1.95. The molecule has 1 aromatic heterocycles. The number of rotatable bonds is 7. The number of aromatic nitrogens is 2. The molecular formula is C20H26FN5O2. The van der Waals surface area contributed by atoms with Gasteiger partial charge in [0.25, 0.3) is 5.91 Å². The maximum atomic E-state index is 13.7. The van der Waals surface area contributed by atoms with E-state index in [1.54, 1.807) is 19.2 Å². The first-order chi connectivity index (χ1) is 13.4. The van der Waals surface area contributed by atoms with Crippen LogP contribution in [-0.4, -0.2) is 47.9 Å². The number of nitrogens with one attached hydrogen (secondary N) is 3. The molecular weight excluding hydrogens is 361 g/mol. The van der Waals surface area contributed by atoms with E-state index in [2.05, 4.69) is 20.9 Å². The second kappa shape index (κ2) is 8.20. The summed E-state index contributed by atoms with van der Waals surface area (Å²) >= 11 is 0. The first kappa shape index (κ1) is 20.2. The van der Waals surface area contributed by atoms with E-state index in [-0.39, 0.29) is 11.5 Å². The van der Waals surface area contributed by atoms with Crippen LogP contribution in [0.2, 0.25) is 0 Å². The summed E-state index contributed by atoms with van der Waals surface area (Å²) in [6, 6.07) is 5.50. The fourth-order valence-electron chi connectivity index (χ4n) is 3.52. The van der Waals surface area contributed by atoms with Gasteiger partial charge in [-0.1, -0.05) is 26.0 Å². The average molecular weight is 387 g/mol. The molecule has 0 bridgehead atoms. The number of aldehydes is 1. The second-order valence-electron chi connectivity index (χ2n) is 7.68. The molecule has 1 aromatic carbocycles. The molecule has 7 nitrogen and oxygen atoms in total. The van der Waals surface area contributed by atoms with E-state index in [0.29, 0.717) is 31.0 Å². The number of amides is 1. The van der Waals surface area contributed by atoms with E-state index in [0.717, 1.165) is 18.5 Å². The zero-order valence-electron chi connectivity index (χ0n) is 16.4. The van der Waals surface area contributed by atoms with Crippen molar-refractivity contribution in [1.29, 1.82) is 0 Å². The number of imidazole rings is 1. The van der Waals surface area contributed by atoms with Gasteiger partial charge in [-0.15, -0.1) is 0 Å². The minimum Gasteiger partial charge on any atom is -0.341 e. The molecule has 0 saturated heterocycles. The normalized spacial score (nSPS) is 15.0. The number of hydrogen-bond donors (Lipinski definition) is 3. The van der Waals surface area contributed by atoms with E-state index in [4.69, 9.17) is 0 Å². The van der Waals surface area contributed by atoms with Crippen LogP contribution in [0.25, 0.3) is 11.4 Å². The van der Waals surface area contributed by atoms with Gasteiger partial charge in [0.1, 0.15) is 17.9 Å². The molecule has 150 valence electrons. The fourth-order valence-corrected chi connectivity index (χ4v) is 3.52. The molecule has 1 aliphatic heterocycles. The second-order valence-corrected chi connectivity index (χ2v) is 7.68. The summed E-state index contributed by atoms with van der Waals surface area (Å²) < 4.78 is 15.6. The van der Waals surface area contributed by atoms with Crippen molar-refractivity contribution in [3.8, 4) is 11.4 Å². The van der Waals surface area contributed by atoms with E-state index in [1.165, 1.54) is 12.1 Å². The third-order valence-electron chi connectivity index (χ3n) is 5.07. The Morgan fingerprint density at radius 3 is 2.93 bits per heavy atom. The first-order valence-electron chi connectivity index (χ1n) is 9.34. The predicted molar refractivity (Wildman–Crippen MR) is 104 cm³/mol. The number of hydrogen-bond acceptors (Lipinski definition) is 5. The summed E-state index contributed by atoms with van der Waals surface area (Å²) in [5.41, 5.74) is 1.15. The van der Waals surface area contributed by atoms with Crippen LogP contribution in [0.15, 0.2) is 24.3 Å². The highest BCUT2D eigenvalue weighted by Crippen LogP contribution is 2.26. The zero-order valence-corrected chi connectivity index (χ0v) is 16.4. The van der Waals surface area contributed by atoms with Gasteiger partial charge >= 0.3 is 0 Å². The minimum atomic E-state index is -0.668. The van der Waals surface area contributed by atoms with Crippen LogP contribution in [0.3, 0.4) is 0 Å². The quantitative estimate of drug-likeness (QED) is 0.624. The van der Waals surface area contributed by atoms with Crippen LogP contribution >= 0.6 is 0 Å². The molecule has 8 heteroatoms. The molecule has 3 rings (SSSR count). The molecule has 1 aliphatic rings. The average Bonchev–Trinajstić information content (AvgIpc) is 3.05. The third kappa shape index (κ3) is 3.98. The van der Waals surface area contributed by atoms with Gasteiger partial charge in [-0.05, 0) is 19.2 Å². The third-order valence-corrected chi connectivity index (χ3v) is 5.07. The molecule has 0 spiro atoms. The van der Waals surface area contributed by atoms with Crippen LogP contribution in [-0.2, 0) is 17.9 Å². The van der Waals surface area contributed by atoms with E-state index >= 15 is 0 Å². The molecule has 2 heterocycles. The topological polar surface area (TPSA) is 88.1 Å². The van der Waals surface area contributed by atoms with Crippen molar-refractivity contribution in [2.24, 2.45) is 5.41 Å². The Labute approximate surface area is 163 Å². The Bertz CT molecular complexity index is 877. The molecule has 1 atom stereocenters. The van der Waals surface area contributed by atoms with Gasteiger partial charge in [0, 0.05) is 37.2 Å². The molecule has 2 aromatic rings. The van der Waals surface area contributed by atoms with Gasteiger partial charge < -0.3 is 25.3 Å². The highest BCUT2D eigenvalue weighted by molar-refractivity contribution is 5.96. The van der Waals surface area contributed by atoms with Crippen LogP contribution in [0.4, 0.5) is 4.39 Å². The monoisotopic (exact) mass is 387 g/mol. The number of nitrogens with zero attached hydrogens (tertiary/aromatic N) is 2. The molecule has 28 heavy (non-hydrogen) atoms.